The Morgan fingerprint density at radius 2 is 2.00 bits per heavy atom. The Hall–Kier alpha value is -0.890. The van der Waals surface area contributed by atoms with Gasteiger partial charge < -0.3 is 5.32 Å². The summed E-state index contributed by atoms with van der Waals surface area (Å²) in [7, 11) is 0. The molecule has 4 unspecified atom stereocenters. The molecule has 1 nitrogen and oxygen atoms in total. The fourth-order valence-corrected chi connectivity index (χ4v) is 3.24. The van der Waals surface area contributed by atoms with Crippen molar-refractivity contribution in [2.45, 2.75) is 58.5 Å². The van der Waals surface area contributed by atoms with Crippen LogP contribution in [0, 0.1) is 17.7 Å². The van der Waals surface area contributed by atoms with Crippen LogP contribution in [0.25, 0.3) is 0 Å². The summed E-state index contributed by atoms with van der Waals surface area (Å²) in [5.41, 5.74) is 0.819. The quantitative estimate of drug-likeness (QED) is 0.859. The molecule has 1 aliphatic rings. The first-order valence-electron chi connectivity index (χ1n) is 7.57. The molecular weight excluding hydrogens is 237 g/mol. The van der Waals surface area contributed by atoms with E-state index in [1.165, 1.54) is 19.3 Å². The SMILES string of the molecule is CC(Cc1ccccc1F)NC1CCCC(C)C1C. The van der Waals surface area contributed by atoms with Crippen molar-refractivity contribution in [3.05, 3.63) is 35.6 Å². The molecule has 0 aliphatic heterocycles. The Morgan fingerprint density at radius 3 is 2.74 bits per heavy atom. The maximum Gasteiger partial charge on any atom is 0.126 e. The lowest BCUT2D eigenvalue weighted by atomic mass is 9.77. The van der Waals surface area contributed by atoms with Gasteiger partial charge in [0, 0.05) is 12.1 Å². The molecule has 19 heavy (non-hydrogen) atoms. The van der Waals surface area contributed by atoms with Crippen LogP contribution in [0.1, 0.15) is 45.6 Å². The molecule has 4 atom stereocenters. The van der Waals surface area contributed by atoms with Gasteiger partial charge in [0.25, 0.3) is 0 Å². The standard InChI is InChI=1S/C17H26FN/c1-12-7-6-10-17(14(12)3)19-13(2)11-15-8-4-5-9-16(15)18/h4-5,8-9,12-14,17,19H,6-7,10-11H2,1-3H3. The Kier molecular flexibility index (Phi) is 4.98. The average Bonchev–Trinajstić information content (AvgIpc) is 2.38. The molecule has 0 saturated heterocycles. The highest BCUT2D eigenvalue weighted by molar-refractivity contribution is 5.18. The van der Waals surface area contributed by atoms with E-state index in [1.54, 1.807) is 12.1 Å². The van der Waals surface area contributed by atoms with Gasteiger partial charge in [-0.05, 0) is 43.2 Å². The number of hydrogen-bond acceptors (Lipinski definition) is 1. The summed E-state index contributed by atoms with van der Waals surface area (Å²) in [6.45, 7) is 6.86. The average molecular weight is 263 g/mol. The van der Waals surface area contributed by atoms with Gasteiger partial charge in [0.15, 0.2) is 0 Å². The zero-order valence-corrected chi connectivity index (χ0v) is 12.3. The molecule has 1 aromatic carbocycles. The van der Waals surface area contributed by atoms with Crippen LogP contribution in [0.5, 0.6) is 0 Å². The van der Waals surface area contributed by atoms with Gasteiger partial charge in [-0.2, -0.15) is 0 Å². The molecule has 0 radical (unpaired) electrons. The topological polar surface area (TPSA) is 12.0 Å². The zero-order valence-electron chi connectivity index (χ0n) is 12.3. The molecule has 106 valence electrons. The van der Waals surface area contributed by atoms with E-state index in [1.807, 2.05) is 12.1 Å². The van der Waals surface area contributed by atoms with Crippen molar-refractivity contribution in [2.75, 3.05) is 0 Å². The van der Waals surface area contributed by atoms with Crippen LogP contribution in [0.2, 0.25) is 0 Å². The molecule has 1 aromatic rings. The summed E-state index contributed by atoms with van der Waals surface area (Å²) >= 11 is 0. The van der Waals surface area contributed by atoms with Gasteiger partial charge in [-0.25, -0.2) is 4.39 Å². The summed E-state index contributed by atoms with van der Waals surface area (Å²) in [6.07, 6.45) is 4.69. The lowest BCUT2D eigenvalue weighted by Gasteiger charge is -2.36. The van der Waals surface area contributed by atoms with E-state index < -0.39 is 0 Å². The van der Waals surface area contributed by atoms with Crippen LogP contribution in [0.4, 0.5) is 4.39 Å². The molecule has 1 N–H and O–H groups in total. The number of hydrogen-bond donors (Lipinski definition) is 1. The Labute approximate surface area is 116 Å². The molecule has 2 rings (SSSR count). The Bertz CT molecular complexity index is 404. The van der Waals surface area contributed by atoms with E-state index in [-0.39, 0.29) is 5.82 Å². The van der Waals surface area contributed by atoms with Crippen molar-refractivity contribution >= 4 is 0 Å². The van der Waals surface area contributed by atoms with Crippen LogP contribution in [-0.2, 0) is 6.42 Å². The molecule has 1 aliphatic carbocycles. The van der Waals surface area contributed by atoms with E-state index in [0.717, 1.165) is 23.8 Å². The van der Waals surface area contributed by atoms with Crippen molar-refractivity contribution in [3.63, 3.8) is 0 Å². The highest BCUT2D eigenvalue weighted by atomic mass is 19.1. The van der Waals surface area contributed by atoms with E-state index in [2.05, 4.69) is 26.1 Å². The lowest BCUT2D eigenvalue weighted by Crippen LogP contribution is -2.45. The normalized spacial score (nSPS) is 29.2. The predicted octanol–water partition coefficient (Wildman–Crippen LogP) is 4.17. The molecule has 1 fully saturated rings. The monoisotopic (exact) mass is 263 g/mol. The van der Waals surface area contributed by atoms with Gasteiger partial charge in [-0.1, -0.05) is 44.9 Å². The molecular formula is C17H26FN. The van der Waals surface area contributed by atoms with Crippen LogP contribution < -0.4 is 5.32 Å². The summed E-state index contributed by atoms with van der Waals surface area (Å²) in [5.74, 6) is 1.44. The van der Waals surface area contributed by atoms with E-state index >= 15 is 0 Å². The molecule has 0 bridgehead atoms. The van der Waals surface area contributed by atoms with Gasteiger partial charge in [-0.15, -0.1) is 0 Å². The third-order valence-corrected chi connectivity index (χ3v) is 4.69. The van der Waals surface area contributed by atoms with E-state index in [0.29, 0.717) is 12.1 Å². The van der Waals surface area contributed by atoms with E-state index in [9.17, 15) is 4.39 Å². The minimum Gasteiger partial charge on any atom is -0.311 e. The predicted molar refractivity (Wildman–Crippen MR) is 78.7 cm³/mol. The first-order chi connectivity index (χ1) is 9.08. The largest absolute Gasteiger partial charge is 0.311 e. The van der Waals surface area contributed by atoms with Gasteiger partial charge in [0.05, 0.1) is 0 Å². The second-order valence-corrected chi connectivity index (χ2v) is 6.24. The number of nitrogens with one attached hydrogen (secondary N) is 1. The number of benzene rings is 1. The third-order valence-electron chi connectivity index (χ3n) is 4.69. The van der Waals surface area contributed by atoms with Crippen molar-refractivity contribution in [1.82, 2.24) is 5.32 Å². The minimum atomic E-state index is -0.0822. The second kappa shape index (κ2) is 6.51. The van der Waals surface area contributed by atoms with Gasteiger partial charge in [0.2, 0.25) is 0 Å². The Balaban J connectivity index is 1.90. The minimum absolute atomic E-state index is 0.0822. The van der Waals surface area contributed by atoms with Crippen molar-refractivity contribution in [3.8, 4) is 0 Å². The first kappa shape index (κ1) is 14.5. The third kappa shape index (κ3) is 3.79. The van der Waals surface area contributed by atoms with Crippen molar-refractivity contribution < 1.29 is 4.39 Å². The molecule has 1 saturated carbocycles. The highest BCUT2D eigenvalue weighted by Crippen LogP contribution is 2.29. The van der Waals surface area contributed by atoms with E-state index in [4.69, 9.17) is 0 Å². The van der Waals surface area contributed by atoms with Crippen LogP contribution in [-0.4, -0.2) is 12.1 Å². The maximum atomic E-state index is 13.6. The first-order valence-corrected chi connectivity index (χ1v) is 7.57. The summed E-state index contributed by atoms with van der Waals surface area (Å²) in [5, 5.41) is 3.71. The molecule has 0 heterocycles. The van der Waals surface area contributed by atoms with Crippen LogP contribution >= 0.6 is 0 Å². The second-order valence-electron chi connectivity index (χ2n) is 6.24. The van der Waals surface area contributed by atoms with Gasteiger partial charge in [0.1, 0.15) is 5.82 Å². The fourth-order valence-electron chi connectivity index (χ4n) is 3.24. The maximum absolute atomic E-state index is 13.6. The number of rotatable bonds is 4. The molecule has 0 aromatic heterocycles. The van der Waals surface area contributed by atoms with Gasteiger partial charge in [-0.3, -0.25) is 0 Å². The molecule has 0 spiro atoms. The van der Waals surface area contributed by atoms with Gasteiger partial charge >= 0.3 is 0 Å². The summed E-state index contributed by atoms with van der Waals surface area (Å²) < 4.78 is 13.6. The molecule has 2 heteroatoms. The summed E-state index contributed by atoms with van der Waals surface area (Å²) in [6, 6.07) is 8.02. The fraction of sp³-hybridized carbons (Fsp3) is 0.647. The van der Waals surface area contributed by atoms with Crippen LogP contribution in [0.15, 0.2) is 24.3 Å². The van der Waals surface area contributed by atoms with Crippen molar-refractivity contribution in [2.24, 2.45) is 11.8 Å². The van der Waals surface area contributed by atoms with Crippen molar-refractivity contribution in [1.29, 1.82) is 0 Å². The Morgan fingerprint density at radius 1 is 1.26 bits per heavy atom. The number of halogens is 1. The highest BCUT2D eigenvalue weighted by Gasteiger charge is 2.27. The molecule has 0 amide bonds. The lowest BCUT2D eigenvalue weighted by molar-refractivity contribution is 0.195. The smallest absolute Gasteiger partial charge is 0.126 e. The van der Waals surface area contributed by atoms with Crippen LogP contribution in [0.3, 0.4) is 0 Å². The zero-order chi connectivity index (χ0) is 13.8. The summed E-state index contributed by atoms with van der Waals surface area (Å²) in [4.78, 5) is 0.